The average Bonchev–Trinajstić information content (AvgIpc) is 3.52. The number of nitrogens with zero attached hydrogens (tertiary/aromatic N) is 2. The molecule has 2 aliphatic heterocycles. The molecule has 0 saturated carbocycles. The van der Waals surface area contributed by atoms with Crippen molar-refractivity contribution in [3.63, 3.8) is 0 Å². The second-order valence-electron chi connectivity index (χ2n) is 7.52. The van der Waals surface area contributed by atoms with Gasteiger partial charge in [0.1, 0.15) is 0 Å². The van der Waals surface area contributed by atoms with Crippen molar-refractivity contribution in [2.24, 2.45) is 0 Å². The number of hydrogen-bond donors (Lipinski definition) is 0. The molecule has 0 radical (unpaired) electrons. The number of halogens is 2. The summed E-state index contributed by atoms with van der Waals surface area (Å²) in [5.41, 5.74) is 7.38. The summed E-state index contributed by atoms with van der Waals surface area (Å²) in [5, 5.41) is 8.26. The van der Waals surface area contributed by atoms with Crippen molar-refractivity contribution < 1.29 is 60.5 Å². The molecular formula is C26H40Cl2N2O2Zr. The van der Waals surface area contributed by atoms with E-state index < -0.39 is 0 Å². The Hall–Kier alpha value is -0.577. The Morgan fingerprint density at radius 3 is 1.06 bits per heavy atom. The van der Waals surface area contributed by atoms with Crippen LogP contribution in [0.5, 0.6) is 0 Å². The number of ether oxygens (including phenoxy) is 2. The van der Waals surface area contributed by atoms with Crippen LogP contribution >= 0.6 is 0 Å². The predicted molar refractivity (Wildman–Crippen MR) is 130 cm³/mol. The first kappa shape index (κ1) is 37.0. The molecule has 0 atom stereocenters. The van der Waals surface area contributed by atoms with E-state index in [1.54, 1.807) is 0 Å². The van der Waals surface area contributed by atoms with E-state index in [1.165, 1.54) is 47.9 Å². The van der Waals surface area contributed by atoms with Gasteiger partial charge in [-0.1, -0.05) is 47.5 Å². The first-order valence-corrected chi connectivity index (χ1v) is 11.0. The normalized spacial score (nSPS) is 13.0. The molecule has 2 aliphatic rings. The maximum Gasteiger partial charge on any atom is 4.00 e. The van der Waals surface area contributed by atoms with E-state index in [4.69, 9.17) is 9.47 Å². The van der Waals surface area contributed by atoms with Gasteiger partial charge in [-0.05, 0) is 64.5 Å². The predicted octanol–water partition coefficient (Wildman–Crippen LogP) is 1.48. The van der Waals surface area contributed by atoms with Gasteiger partial charge in [0.2, 0.25) is 0 Å². The van der Waals surface area contributed by atoms with E-state index in [2.05, 4.69) is 50.5 Å². The zero-order chi connectivity index (χ0) is 22.2. The summed E-state index contributed by atoms with van der Waals surface area (Å²) in [6, 6.07) is 12.3. The molecule has 2 aromatic rings. The van der Waals surface area contributed by atoms with Crippen LogP contribution in [0.1, 0.15) is 47.9 Å². The van der Waals surface area contributed by atoms with Gasteiger partial charge in [0.15, 0.2) is 0 Å². The molecule has 0 amide bonds. The Kier molecular flexibility index (Phi) is 26.0. The second kappa shape index (κ2) is 23.2. The number of hydrogen-bond acceptors (Lipinski definition) is 2. The van der Waals surface area contributed by atoms with E-state index in [0.717, 1.165) is 37.8 Å². The third-order valence-electron chi connectivity index (χ3n) is 5.29. The third-order valence-corrected chi connectivity index (χ3v) is 5.29. The molecular weight excluding hydrogens is 534 g/mol. The van der Waals surface area contributed by atoms with Crippen LogP contribution in [-0.2, 0) is 35.7 Å². The van der Waals surface area contributed by atoms with Crippen molar-refractivity contribution in [3.8, 4) is 0 Å². The van der Waals surface area contributed by atoms with Crippen molar-refractivity contribution in [1.29, 1.82) is 0 Å². The summed E-state index contributed by atoms with van der Waals surface area (Å²) in [6.07, 6.45) is 5.11. The van der Waals surface area contributed by atoms with Crippen molar-refractivity contribution in [2.45, 2.75) is 53.4 Å². The molecule has 2 saturated heterocycles. The van der Waals surface area contributed by atoms with Gasteiger partial charge in [-0.25, -0.2) is 0 Å². The molecule has 0 spiro atoms. The standard InChI is InChI=1S/2C9H12N.2C4H8O.2ClH.Zr/c2*1-7-5-4-6-9(10-3)8(7)2;2*1-2-4-5-3-1;;;/h2*4-6H,1-3H3;2*1-4H2;2*1H;/q2*-1;;;;;+4/p-2. The van der Waals surface area contributed by atoms with Crippen molar-refractivity contribution in [3.05, 3.63) is 69.3 Å². The van der Waals surface area contributed by atoms with E-state index >= 15 is 0 Å². The Labute approximate surface area is 233 Å². The summed E-state index contributed by atoms with van der Waals surface area (Å²) in [5.74, 6) is 0. The summed E-state index contributed by atoms with van der Waals surface area (Å²) in [6.45, 7) is 12.4. The maximum absolute atomic E-state index is 4.94. The van der Waals surface area contributed by atoms with Gasteiger partial charge in [-0.15, -0.1) is 25.5 Å². The maximum atomic E-state index is 4.94. The molecule has 0 unspecified atom stereocenters. The smallest absolute Gasteiger partial charge is 1.00 e. The van der Waals surface area contributed by atoms with Gasteiger partial charge < -0.3 is 44.9 Å². The van der Waals surface area contributed by atoms with Crippen molar-refractivity contribution >= 4 is 11.4 Å². The largest absolute Gasteiger partial charge is 4.00 e. The number of rotatable bonds is 2. The van der Waals surface area contributed by atoms with Crippen LogP contribution in [0.2, 0.25) is 0 Å². The van der Waals surface area contributed by atoms with Crippen LogP contribution in [0.15, 0.2) is 36.4 Å². The Morgan fingerprint density at radius 1 is 0.576 bits per heavy atom. The van der Waals surface area contributed by atoms with Gasteiger partial charge in [-0.3, -0.25) is 0 Å². The van der Waals surface area contributed by atoms with Crippen molar-refractivity contribution in [1.82, 2.24) is 0 Å². The molecule has 7 heteroatoms. The Bertz CT molecular complexity index is 649. The molecule has 0 aromatic heterocycles. The molecule has 184 valence electrons. The van der Waals surface area contributed by atoms with Crippen LogP contribution in [0.4, 0.5) is 11.4 Å². The zero-order valence-electron chi connectivity index (χ0n) is 21.1. The van der Waals surface area contributed by atoms with Crippen LogP contribution in [-0.4, -0.2) is 40.5 Å². The topological polar surface area (TPSA) is 46.7 Å². The van der Waals surface area contributed by atoms with Crippen LogP contribution in [0, 0.1) is 27.7 Å². The van der Waals surface area contributed by atoms with Gasteiger partial charge in [0.25, 0.3) is 0 Å². The molecule has 33 heavy (non-hydrogen) atoms. The van der Waals surface area contributed by atoms with E-state index in [1.807, 2.05) is 38.4 Å². The van der Waals surface area contributed by atoms with Gasteiger partial charge in [-0.2, -0.15) is 0 Å². The molecule has 2 aromatic carbocycles. The SMILES string of the molecule is C1CCOC1.C1CCOC1.C[N-]c1cccc(C)c1C.C[N-]c1cccc(C)c1C.[Cl-].[Cl-].[Zr+4]. The summed E-state index contributed by atoms with van der Waals surface area (Å²) >= 11 is 0. The molecule has 2 fully saturated rings. The minimum Gasteiger partial charge on any atom is -1.00 e. The fourth-order valence-electron chi connectivity index (χ4n) is 2.98. The molecule has 0 aliphatic carbocycles. The van der Waals surface area contributed by atoms with E-state index in [-0.39, 0.29) is 51.0 Å². The minimum atomic E-state index is 0. The third kappa shape index (κ3) is 15.9. The first-order chi connectivity index (χ1) is 14.5. The van der Waals surface area contributed by atoms with Crippen molar-refractivity contribution in [2.75, 3.05) is 40.5 Å². The second-order valence-corrected chi connectivity index (χ2v) is 7.52. The minimum absolute atomic E-state index is 0. The van der Waals surface area contributed by atoms with E-state index in [0.29, 0.717) is 0 Å². The number of benzene rings is 2. The van der Waals surface area contributed by atoms with Crippen LogP contribution in [0.3, 0.4) is 0 Å². The molecule has 4 rings (SSSR count). The molecule has 0 bridgehead atoms. The summed E-state index contributed by atoms with van der Waals surface area (Å²) in [7, 11) is 3.64. The fourth-order valence-corrected chi connectivity index (χ4v) is 2.98. The fraction of sp³-hybridized carbons (Fsp3) is 0.538. The summed E-state index contributed by atoms with van der Waals surface area (Å²) in [4.78, 5) is 0. The molecule has 4 nitrogen and oxygen atoms in total. The Balaban J connectivity index is -0.000000368. The van der Waals surface area contributed by atoms with Gasteiger partial charge >= 0.3 is 26.2 Å². The first-order valence-electron chi connectivity index (χ1n) is 11.0. The molecule has 2 heterocycles. The van der Waals surface area contributed by atoms with Crippen LogP contribution in [0.25, 0.3) is 10.6 Å². The average molecular weight is 575 g/mol. The molecule has 0 N–H and O–H groups in total. The zero-order valence-corrected chi connectivity index (χ0v) is 25.1. The summed E-state index contributed by atoms with van der Waals surface area (Å²) < 4.78 is 9.89. The monoisotopic (exact) mass is 572 g/mol. The number of aryl methyl sites for hydroxylation is 2. The van der Waals surface area contributed by atoms with Gasteiger partial charge in [0.05, 0.1) is 0 Å². The van der Waals surface area contributed by atoms with E-state index in [9.17, 15) is 0 Å². The van der Waals surface area contributed by atoms with Crippen LogP contribution < -0.4 is 24.8 Å². The van der Waals surface area contributed by atoms with Gasteiger partial charge in [0, 0.05) is 26.4 Å². The quantitative estimate of drug-likeness (QED) is 0.546. The Morgan fingerprint density at radius 2 is 0.879 bits per heavy atom.